The first-order valence-corrected chi connectivity index (χ1v) is 9.90. The molecule has 23 heavy (non-hydrogen) atoms. The molecule has 2 rings (SSSR count). The minimum atomic E-state index is -2.94. The Labute approximate surface area is 142 Å². The van der Waals surface area contributed by atoms with Crippen molar-refractivity contribution in [3.05, 3.63) is 40.9 Å². The number of amides is 1. The van der Waals surface area contributed by atoms with E-state index in [4.69, 9.17) is 11.6 Å². The molecular weight excluding hydrogens is 336 g/mol. The minimum absolute atomic E-state index is 0.0484. The van der Waals surface area contributed by atoms with E-state index in [1.165, 1.54) is 12.3 Å². The normalized spacial score (nSPS) is 16.9. The maximum Gasteiger partial charge on any atom is 0.246 e. The van der Waals surface area contributed by atoms with Crippen LogP contribution in [0.5, 0.6) is 0 Å². The Morgan fingerprint density at radius 3 is 2.48 bits per heavy atom. The molecule has 0 spiro atoms. The van der Waals surface area contributed by atoms with Gasteiger partial charge in [0.1, 0.15) is 9.84 Å². The topological polar surface area (TPSA) is 57.7 Å². The number of halogens is 1. The lowest BCUT2D eigenvalue weighted by Gasteiger charge is -2.34. The standard InChI is InChI=1S/C16H21ClN2O3S/c1-23(21,22)13-12-18-8-10-19(11-9-18)16(20)7-6-14-4-2-3-5-15(14)17/h2-7H,8-13H2,1H3/b7-6+. The van der Waals surface area contributed by atoms with Crippen LogP contribution in [0.2, 0.25) is 5.02 Å². The third-order valence-electron chi connectivity index (χ3n) is 3.77. The summed E-state index contributed by atoms with van der Waals surface area (Å²) < 4.78 is 22.4. The Morgan fingerprint density at radius 1 is 1.22 bits per heavy atom. The molecule has 0 radical (unpaired) electrons. The summed E-state index contributed by atoms with van der Waals surface area (Å²) in [5.74, 6) is 0.112. The highest BCUT2D eigenvalue weighted by molar-refractivity contribution is 7.90. The second-order valence-corrected chi connectivity index (χ2v) is 8.32. The van der Waals surface area contributed by atoms with E-state index in [1.807, 2.05) is 18.2 Å². The number of sulfone groups is 1. The van der Waals surface area contributed by atoms with Gasteiger partial charge in [-0.1, -0.05) is 29.8 Å². The molecule has 0 aliphatic carbocycles. The maximum atomic E-state index is 12.2. The number of hydrogen-bond donors (Lipinski definition) is 0. The Kier molecular flexibility index (Phi) is 6.21. The van der Waals surface area contributed by atoms with E-state index in [0.29, 0.717) is 37.7 Å². The van der Waals surface area contributed by atoms with Crippen LogP contribution >= 0.6 is 11.6 Å². The molecule has 1 amide bonds. The molecule has 0 aromatic heterocycles. The number of hydrogen-bond acceptors (Lipinski definition) is 4. The molecule has 1 fully saturated rings. The van der Waals surface area contributed by atoms with Crippen molar-refractivity contribution < 1.29 is 13.2 Å². The van der Waals surface area contributed by atoms with Gasteiger partial charge in [-0.25, -0.2) is 8.42 Å². The molecule has 7 heteroatoms. The molecule has 1 aliphatic heterocycles. The lowest BCUT2D eigenvalue weighted by Crippen LogP contribution is -2.49. The van der Waals surface area contributed by atoms with Crippen LogP contribution < -0.4 is 0 Å². The summed E-state index contributed by atoms with van der Waals surface area (Å²) >= 11 is 6.05. The van der Waals surface area contributed by atoms with Crippen LogP contribution in [0.1, 0.15) is 5.56 Å². The first kappa shape index (κ1) is 18.0. The highest BCUT2D eigenvalue weighted by Gasteiger charge is 2.20. The quantitative estimate of drug-likeness (QED) is 0.751. The predicted octanol–water partition coefficient (Wildman–Crippen LogP) is 1.54. The van der Waals surface area contributed by atoms with Gasteiger partial charge in [0.15, 0.2) is 0 Å². The van der Waals surface area contributed by atoms with Crippen molar-refractivity contribution in [2.45, 2.75) is 0 Å². The average Bonchev–Trinajstić information content (AvgIpc) is 2.52. The largest absolute Gasteiger partial charge is 0.337 e. The SMILES string of the molecule is CS(=O)(=O)CCN1CCN(C(=O)/C=C/c2ccccc2Cl)CC1. The molecule has 5 nitrogen and oxygen atoms in total. The Bertz CT molecular complexity index is 680. The van der Waals surface area contributed by atoms with Crippen LogP contribution in [0.4, 0.5) is 0 Å². The first-order chi connectivity index (χ1) is 10.8. The van der Waals surface area contributed by atoms with Gasteiger partial charge in [-0.15, -0.1) is 0 Å². The van der Waals surface area contributed by atoms with E-state index in [-0.39, 0.29) is 11.7 Å². The fourth-order valence-corrected chi connectivity index (χ4v) is 3.15. The van der Waals surface area contributed by atoms with Crippen molar-refractivity contribution in [1.82, 2.24) is 9.80 Å². The van der Waals surface area contributed by atoms with Crippen LogP contribution in [0.3, 0.4) is 0 Å². The number of carbonyl (C=O) groups is 1. The summed E-state index contributed by atoms with van der Waals surface area (Å²) in [6, 6.07) is 7.36. The minimum Gasteiger partial charge on any atom is -0.337 e. The highest BCUT2D eigenvalue weighted by Crippen LogP contribution is 2.16. The first-order valence-electron chi connectivity index (χ1n) is 7.47. The Hall–Kier alpha value is -1.37. The summed E-state index contributed by atoms with van der Waals surface area (Å²) in [6.07, 6.45) is 4.50. The van der Waals surface area contributed by atoms with Crippen molar-refractivity contribution in [1.29, 1.82) is 0 Å². The van der Waals surface area contributed by atoms with Crippen molar-refractivity contribution in [3.63, 3.8) is 0 Å². The monoisotopic (exact) mass is 356 g/mol. The second-order valence-electron chi connectivity index (χ2n) is 5.65. The third kappa shape index (κ3) is 5.97. The van der Waals surface area contributed by atoms with E-state index in [1.54, 1.807) is 17.0 Å². The van der Waals surface area contributed by atoms with Gasteiger partial charge in [-0.3, -0.25) is 9.69 Å². The van der Waals surface area contributed by atoms with Gasteiger partial charge in [-0.05, 0) is 17.7 Å². The van der Waals surface area contributed by atoms with E-state index >= 15 is 0 Å². The van der Waals surface area contributed by atoms with Crippen molar-refractivity contribution in [2.75, 3.05) is 44.7 Å². The molecule has 0 saturated carbocycles. The van der Waals surface area contributed by atoms with Crippen LogP contribution in [0, 0.1) is 0 Å². The van der Waals surface area contributed by atoms with Gasteiger partial charge in [0.2, 0.25) is 5.91 Å². The Balaban J connectivity index is 1.83. The molecule has 0 N–H and O–H groups in total. The van der Waals surface area contributed by atoms with Gasteiger partial charge in [0, 0.05) is 50.1 Å². The summed E-state index contributed by atoms with van der Waals surface area (Å²) in [4.78, 5) is 16.0. The van der Waals surface area contributed by atoms with Crippen molar-refractivity contribution in [3.8, 4) is 0 Å². The number of benzene rings is 1. The molecule has 1 aromatic carbocycles. The van der Waals surface area contributed by atoms with Gasteiger partial charge in [0.05, 0.1) is 5.75 Å². The van der Waals surface area contributed by atoms with E-state index in [9.17, 15) is 13.2 Å². The molecule has 0 atom stereocenters. The number of rotatable bonds is 5. The number of piperazine rings is 1. The fraction of sp³-hybridized carbons (Fsp3) is 0.438. The zero-order valence-electron chi connectivity index (χ0n) is 13.1. The van der Waals surface area contributed by atoms with Gasteiger partial charge in [-0.2, -0.15) is 0 Å². The molecule has 1 aliphatic rings. The molecule has 0 unspecified atom stereocenters. The molecule has 0 bridgehead atoms. The predicted molar refractivity (Wildman–Crippen MR) is 93.2 cm³/mol. The van der Waals surface area contributed by atoms with Crippen LogP contribution in [0.25, 0.3) is 6.08 Å². The van der Waals surface area contributed by atoms with Crippen LogP contribution in [-0.4, -0.2) is 68.9 Å². The summed E-state index contributed by atoms with van der Waals surface area (Å²) in [7, 11) is -2.94. The Morgan fingerprint density at radius 2 is 1.87 bits per heavy atom. The van der Waals surface area contributed by atoms with Gasteiger partial charge >= 0.3 is 0 Å². The average molecular weight is 357 g/mol. The van der Waals surface area contributed by atoms with E-state index in [2.05, 4.69) is 4.90 Å². The van der Waals surface area contributed by atoms with E-state index < -0.39 is 9.84 Å². The summed E-state index contributed by atoms with van der Waals surface area (Å²) in [5, 5.41) is 0.613. The lowest BCUT2D eigenvalue weighted by atomic mass is 10.2. The second kappa shape index (κ2) is 7.95. The third-order valence-corrected chi connectivity index (χ3v) is 5.04. The smallest absolute Gasteiger partial charge is 0.246 e. The maximum absolute atomic E-state index is 12.2. The number of nitrogens with zero attached hydrogens (tertiary/aromatic N) is 2. The fourth-order valence-electron chi connectivity index (χ4n) is 2.36. The van der Waals surface area contributed by atoms with E-state index in [0.717, 1.165) is 5.56 Å². The zero-order valence-corrected chi connectivity index (χ0v) is 14.7. The van der Waals surface area contributed by atoms with Gasteiger partial charge < -0.3 is 4.90 Å². The van der Waals surface area contributed by atoms with Crippen LogP contribution in [0.15, 0.2) is 30.3 Å². The number of carbonyl (C=O) groups excluding carboxylic acids is 1. The van der Waals surface area contributed by atoms with Gasteiger partial charge in [0.25, 0.3) is 0 Å². The summed E-state index contributed by atoms with van der Waals surface area (Å²) in [5.41, 5.74) is 0.814. The molecule has 1 heterocycles. The van der Waals surface area contributed by atoms with Crippen LogP contribution in [-0.2, 0) is 14.6 Å². The molecular formula is C16H21ClN2O3S. The lowest BCUT2D eigenvalue weighted by molar-refractivity contribution is -0.127. The van der Waals surface area contributed by atoms with Crippen molar-refractivity contribution >= 4 is 33.4 Å². The zero-order chi connectivity index (χ0) is 16.9. The van der Waals surface area contributed by atoms with Crippen molar-refractivity contribution in [2.24, 2.45) is 0 Å². The highest BCUT2D eigenvalue weighted by atomic mass is 35.5. The molecule has 126 valence electrons. The molecule has 1 aromatic rings. The molecule has 1 saturated heterocycles. The summed E-state index contributed by atoms with van der Waals surface area (Å²) in [6.45, 7) is 3.13.